The molecule has 0 spiro atoms. The maximum Gasteiger partial charge on any atom is 0.305 e. The van der Waals surface area contributed by atoms with Crippen molar-refractivity contribution in [2.24, 2.45) is 0 Å². The summed E-state index contributed by atoms with van der Waals surface area (Å²) in [4.78, 5) is 23.9. The molecule has 0 fully saturated rings. The van der Waals surface area contributed by atoms with Crippen LogP contribution in [0, 0.1) is 0 Å². The van der Waals surface area contributed by atoms with Crippen LogP contribution in [-0.2, 0) is 11.3 Å². The molecule has 2 heterocycles. The zero-order valence-electron chi connectivity index (χ0n) is 14.7. The van der Waals surface area contributed by atoms with Gasteiger partial charge >= 0.3 is 5.97 Å². The van der Waals surface area contributed by atoms with E-state index in [1.54, 1.807) is 30.5 Å². The van der Waals surface area contributed by atoms with Gasteiger partial charge in [0.2, 0.25) is 0 Å². The highest BCUT2D eigenvalue weighted by Gasteiger charge is 2.09. The topological polar surface area (TPSA) is 100 Å². The highest BCUT2D eigenvalue weighted by atomic mass is 35.5. The lowest BCUT2D eigenvalue weighted by molar-refractivity contribution is -0.136. The van der Waals surface area contributed by atoms with Crippen molar-refractivity contribution in [3.05, 3.63) is 64.3 Å². The Balaban J connectivity index is 1.81. The Kier molecular flexibility index (Phi) is 6.62. The van der Waals surface area contributed by atoms with Crippen LogP contribution in [0.4, 0.5) is 11.6 Å². The molecule has 3 aromatic rings. The van der Waals surface area contributed by atoms with Crippen LogP contribution in [0.2, 0.25) is 10.0 Å². The molecule has 3 rings (SSSR count). The molecule has 0 aliphatic rings. The van der Waals surface area contributed by atoms with Crippen molar-refractivity contribution in [2.75, 3.05) is 17.2 Å². The van der Waals surface area contributed by atoms with Crippen molar-refractivity contribution < 1.29 is 9.90 Å². The van der Waals surface area contributed by atoms with E-state index in [4.69, 9.17) is 28.3 Å². The van der Waals surface area contributed by atoms with Crippen molar-refractivity contribution in [3.8, 4) is 11.5 Å². The van der Waals surface area contributed by atoms with Crippen molar-refractivity contribution >= 4 is 40.8 Å². The van der Waals surface area contributed by atoms with Crippen LogP contribution in [0.1, 0.15) is 12.0 Å². The van der Waals surface area contributed by atoms with E-state index in [-0.39, 0.29) is 13.0 Å². The summed E-state index contributed by atoms with van der Waals surface area (Å²) in [6, 6.07) is 12.6. The summed E-state index contributed by atoms with van der Waals surface area (Å²) in [5.41, 5.74) is 1.55. The van der Waals surface area contributed by atoms with Gasteiger partial charge in [0.05, 0.1) is 16.5 Å². The van der Waals surface area contributed by atoms with Crippen molar-refractivity contribution in [3.63, 3.8) is 0 Å². The molecule has 0 amide bonds. The molecule has 9 heteroatoms. The minimum Gasteiger partial charge on any atom is -0.481 e. The molecule has 0 unspecified atom stereocenters. The number of halogens is 2. The Morgan fingerprint density at radius 1 is 1.00 bits per heavy atom. The quantitative estimate of drug-likeness (QED) is 0.500. The highest BCUT2D eigenvalue weighted by Crippen LogP contribution is 2.24. The van der Waals surface area contributed by atoms with Gasteiger partial charge in [-0.2, -0.15) is 0 Å². The zero-order chi connectivity index (χ0) is 19.9. The molecule has 144 valence electrons. The lowest BCUT2D eigenvalue weighted by atomic mass is 10.2. The fourth-order valence-corrected chi connectivity index (χ4v) is 2.70. The molecule has 28 heavy (non-hydrogen) atoms. The Morgan fingerprint density at radius 2 is 1.79 bits per heavy atom. The van der Waals surface area contributed by atoms with Gasteiger partial charge in [-0.1, -0.05) is 35.3 Å². The Morgan fingerprint density at radius 3 is 2.46 bits per heavy atom. The largest absolute Gasteiger partial charge is 0.481 e. The van der Waals surface area contributed by atoms with Crippen molar-refractivity contribution in [2.45, 2.75) is 13.0 Å². The van der Waals surface area contributed by atoms with Crippen LogP contribution in [-0.4, -0.2) is 32.6 Å². The molecule has 0 bridgehead atoms. The lowest BCUT2D eigenvalue weighted by Gasteiger charge is -2.11. The molecule has 1 aromatic carbocycles. The van der Waals surface area contributed by atoms with Crippen LogP contribution >= 0.6 is 23.2 Å². The summed E-state index contributed by atoms with van der Waals surface area (Å²) < 4.78 is 0. The molecule has 0 saturated carbocycles. The number of benzene rings is 1. The van der Waals surface area contributed by atoms with Crippen LogP contribution < -0.4 is 10.6 Å². The second kappa shape index (κ2) is 9.34. The average molecular weight is 418 g/mol. The third kappa shape index (κ3) is 5.55. The van der Waals surface area contributed by atoms with E-state index in [0.717, 1.165) is 5.56 Å². The maximum atomic E-state index is 10.7. The number of anilines is 2. The minimum absolute atomic E-state index is 0.0189. The fraction of sp³-hybridized carbons (Fsp3) is 0.158. The molecule has 2 aromatic heterocycles. The molecule has 0 radical (unpaired) electrons. The van der Waals surface area contributed by atoms with Gasteiger partial charge in [0.15, 0.2) is 5.82 Å². The maximum absolute atomic E-state index is 10.7. The van der Waals surface area contributed by atoms with Gasteiger partial charge in [-0.3, -0.25) is 9.78 Å². The van der Waals surface area contributed by atoms with E-state index in [9.17, 15) is 4.79 Å². The van der Waals surface area contributed by atoms with E-state index in [1.807, 2.05) is 18.2 Å². The smallest absolute Gasteiger partial charge is 0.305 e. The molecule has 0 atom stereocenters. The van der Waals surface area contributed by atoms with E-state index in [0.29, 0.717) is 39.7 Å². The number of aliphatic carboxylic acids is 1. The summed E-state index contributed by atoms with van der Waals surface area (Å²) in [6.07, 6.45) is 1.64. The van der Waals surface area contributed by atoms with Gasteiger partial charge in [-0.15, -0.1) is 0 Å². The molecule has 0 saturated heterocycles. The lowest BCUT2D eigenvalue weighted by Crippen LogP contribution is -2.11. The van der Waals surface area contributed by atoms with E-state index >= 15 is 0 Å². The molecule has 7 nitrogen and oxygen atoms in total. The number of nitrogens with zero attached hydrogens (tertiary/aromatic N) is 3. The van der Waals surface area contributed by atoms with Crippen LogP contribution in [0.3, 0.4) is 0 Å². The minimum atomic E-state index is -0.885. The van der Waals surface area contributed by atoms with E-state index in [2.05, 4.69) is 25.6 Å². The Labute approximate surface area is 171 Å². The van der Waals surface area contributed by atoms with Gasteiger partial charge in [-0.05, 0) is 29.8 Å². The highest BCUT2D eigenvalue weighted by molar-refractivity contribution is 6.42. The third-order valence-corrected chi connectivity index (χ3v) is 4.46. The number of rotatable bonds is 8. The van der Waals surface area contributed by atoms with Gasteiger partial charge in [0.25, 0.3) is 0 Å². The average Bonchev–Trinajstić information content (AvgIpc) is 2.69. The second-order valence-corrected chi connectivity index (χ2v) is 6.66. The normalized spacial score (nSPS) is 10.5. The van der Waals surface area contributed by atoms with Gasteiger partial charge in [0.1, 0.15) is 17.3 Å². The molecular formula is C19H17Cl2N5O2. The van der Waals surface area contributed by atoms with Gasteiger partial charge < -0.3 is 15.7 Å². The number of aromatic nitrogens is 3. The summed E-state index contributed by atoms with van der Waals surface area (Å²) in [7, 11) is 0. The molecule has 3 N–H and O–H groups in total. The van der Waals surface area contributed by atoms with Crippen LogP contribution in [0.25, 0.3) is 11.5 Å². The number of hydrogen-bond donors (Lipinski definition) is 3. The van der Waals surface area contributed by atoms with Crippen LogP contribution in [0.5, 0.6) is 0 Å². The predicted octanol–water partition coefficient (Wildman–Crippen LogP) is 4.34. The Bertz CT molecular complexity index is 970. The Hall–Kier alpha value is -2.90. The zero-order valence-corrected chi connectivity index (χ0v) is 16.2. The second-order valence-electron chi connectivity index (χ2n) is 5.85. The molecule has 0 aliphatic heterocycles. The van der Waals surface area contributed by atoms with Gasteiger partial charge in [-0.25, -0.2) is 9.97 Å². The summed E-state index contributed by atoms with van der Waals surface area (Å²) >= 11 is 12.0. The number of carboxylic acid groups (broad SMARTS) is 1. The fourth-order valence-electron chi connectivity index (χ4n) is 2.38. The monoisotopic (exact) mass is 417 g/mol. The number of pyridine rings is 1. The predicted molar refractivity (Wildman–Crippen MR) is 110 cm³/mol. The summed E-state index contributed by atoms with van der Waals surface area (Å²) in [5.74, 6) is 0.620. The number of nitrogens with one attached hydrogen (secondary N) is 2. The summed E-state index contributed by atoms with van der Waals surface area (Å²) in [5, 5.41) is 16.0. The molecule has 0 aliphatic carbocycles. The van der Waals surface area contributed by atoms with Crippen LogP contribution in [0.15, 0.2) is 48.7 Å². The molecular weight excluding hydrogens is 401 g/mol. The van der Waals surface area contributed by atoms with Crippen molar-refractivity contribution in [1.82, 2.24) is 15.0 Å². The first-order valence-corrected chi connectivity index (χ1v) is 9.21. The number of carbonyl (C=O) groups is 1. The third-order valence-electron chi connectivity index (χ3n) is 3.72. The number of carboxylic acids is 1. The number of hydrogen-bond acceptors (Lipinski definition) is 6. The standard InChI is InChI=1S/C19H17Cl2N5O2/c20-13-5-4-12(9-14(13)21)11-24-17-10-16(23-8-6-18(27)28)25-19(26-17)15-3-1-2-7-22-15/h1-5,7,9-10H,6,8,11H2,(H,27,28)(H2,23,24,25,26). The first-order valence-electron chi connectivity index (χ1n) is 8.45. The van der Waals surface area contributed by atoms with Crippen molar-refractivity contribution in [1.29, 1.82) is 0 Å². The SMILES string of the molecule is O=C(O)CCNc1cc(NCc2ccc(Cl)c(Cl)c2)nc(-c2ccccn2)n1. The first-order chi connectivity index (χ1) is 13.5. The van der Waals surface area contributed by atoms with Gasteiger partial charge in [0, 0.05) is 25.4 Å². The summed E-state index contributed by atoms with van der Waals surface area (Å²) in [6.45, 7) is 0.727. The first kappa shape index (κ1) is 19.9. The van der Waals surface area contributed by atoms with E-state index < -0.39 is 5.97 Å². The van der Waals surface area contributed by atoms with E-state index in [1.165, 1.54) is 0 Å².